The van der Waals surface area contributed by atoms with Crippen molar-refractivity contribution in [3.05, 3.63) is 59.9 Å². The van der Waals surface area contributed by atoms with Crippen molar-refractivity contribution in [1.82, 2.24) is 24.8 Å². The zero-order valence-corrected chi connectivity index (χ0v) is 21.3. The third-order valence-electron chi connectivity index (χ3n) is 7.56. The molecule has 2 saturated heterocycles. The number of anilines is 3. The number of ether oxygens (including phenoxy) is 1. The van der Waals surface area contributed by atoms with Crippen molar-refractivity contribution in [1.29, 1.82) is 0 Å². The molecule has 9 heteroatoms. The van der Waals surface area contributed by atoms with Gasteiger partial charge in [-0.1, -0.05) is 19.1 Å². The van der Waals surface area contributed by atoms with Gasteiger partial charge in [0.05, 0.1) is 30.8 Å². The van der Waals surface area contributed by atoms with E-state index >= 15 is 0 Å². The van der Waals surface area contributed by atoms with Crippen LogP contribution in [0.4, 0.5) is 17.5 Å². The summed E-state index contributed by atoms with van der Waals surface area (Å²) < 4.78 is 5.57. The van der Waals surface area contributed by atoms with Gasteiger partial charge in [0.15, 0.2) is 0 Å². The van der Waals surface area contributed by atoms with E-state index in [0.717, 1.165) is 87.1 Å². The molecular weight excluding hydrogens is 466 g/mol. The predicted octanol–water partition coefficient (Wildman–Crippen LogP) is 2.85. The van der Waals surface area contributed by atoms with Gasteiger partial charge >= 0.3 is 0 Å². The van der Waals surface area contributed by atoms with Gasteiger partial charge in [-0.05, 0) is 37.2 Å². The van der Waals surface area contributed by atoms with E-state index in [0.29, 0.717) is 24.7 Å². The number of carbonyl (C=O) groups excluding carboxylic acids is 1. The molecule has 0 saturated carbocycles. The summed E-state index contributed by atoms with van der Waals surface area (Å²) in [7, 11) is 0. The molecule has 1 aromatic carbocycles. The fraction of sp³-hybridized carbons (Fsp3) is 0.429. The summed E-state index contributed by atoms with van der Waals surface area (Å²) in [6.07, 6.45) is 4.50. The van der Waals surface area contributed by atoms with Gasteiger partial charge in [-0.2, -0.15) is 4.98 Å². The predicted molar refractivity (Wildman–Crippen MR) is 143 cm³/mol. The summed E-state index contributed by atoms with van der Waals surface area (Å²) >= 11 is 0. The number of aromatic nitrogens is 3. The van der Waals surface area contributed by atoms with Crippen molar-refractivity contribution in [2.75, 3.05) is 75.4 Å². The number of fused-ring (bicyclic) bond motifs is 1. The van der Waals surface area contributed by atoms with E-state index < -0.39 is 0 Å². The second-order valence-electron chi connectivity index (χ2n) is 9.69. The third-order valence-corrected chi connectivity index (χ3v) is 7.56. The van der Waals surface area contributed by atoms with E-state index in [4.69, 9.17) is 14.7 Å². The normalized spacial score (nSPS) is 18.2. The van der Waals surface area contributed by atoms with Crippen molar-refractivity contribution in [2.45, 2.75) is 13.3 Å². The number of likely N-dealkylation sites (N-methyl/N-ethyl adjacent to an activating group) is 1. The van der Waals surface area contributed by atoms with Gasteiger partial charge in [0, 0.05) is 68.7 Å². The third kappa shape index (κ3) is 4.76. The summed E-state index contributed by atoms with van der Waals surface area (Å²) in [5.74, 6) is 1.72. The lowest BCUT2D eigenvalue weighted by molar-refractivity contribution is 0.0643. The molecule has 6 rings (SSSR count). The Morgan fingerprint density at radius 3 is 2.57 bits per heavy atom. The Balaban J connectivity index is 1.37. The number of morpholine rings is 1. The summed E-state index contributed by atoms with van der Waals surface area (Å²) in [5, 5.41) is 0. The Hall–Kier alpha value is -3.56. The number of hydrogen-bond donors (Lipinski definition) is 0. The molecular formula is C28H33N7O2. The first-order chi connectivity index (χ1) is 18.2. The molecule has 3 aromatic rings. The molecule has 0 spiro atoms. The second kappa shape index (κ2) is 10.4. The van der Waals surface area contributed by atoms with Gasteiger partial charge in [-0.3, -0.25) is 9.78 Å². The first-order valence-electron chi connectivity index (χ1n) is 13.2. The molecule has 0 N–H and O–H groups in total. The molecule has 2 aromatic heterocycles. The minimum atomic E-state index is 0.0914. The van der Waals surface area contributed by atoms with E-state index in [1.54, 1.807) is 6.20 Å². The van der Waals surface area contributed by atoms with Gasteiger partial charge < -0.3 is 24.3 Å². The van der Waals surface area contributed by atoms with Crippen LogP contribution in [0.1, 0.15) is 22.8 Å². The maximum absolute atomic E-state index is 13.4. The van der Waals surface area contributed by atoms with Crippen LogP contribution in [0.2, 0.25) is 0 Å². The number of pyridine rings is 1. The Labute approximate surface area is 217 Å². The molecule has 1 amide bonds. The number of amides is 1. The Bertz CT molecular complexity index is 1250. The number of carbonyl (C=O) groups is 1. The van der Waals surface area contributed by atoms with Crippen molar-refractivity contribution in [3.8, 4) is 11.3 Å². The highest BCUT2D eigenvalue weighted by atomic mass is 16.5. The van der Waals surface area contributed by atoms with Crippen LogP contribution in [0.5, 0.6) is 0 Å². The molecule has 0 aliphatic carbocycles. The molecule has 5 heterocycles. The van der Waals surface area contributed by atoms with Gasteiger partial charge in [-0.15, -0.1) is 0 Å². The molecule has 192 valence electrons. The van der Waals surface area contributed by atoms with Gasteiger partial charge in [0.2, 0.25) is 5.95 Å². The largest absolute Gasteiger partial charge is 0.378 e. The van der Waals surface area contributed by atoms with Crippen molar-refractivity contribution in [3.63, 3.8) is 0 Å². The quantitative estimate of drug-likeness (QED) is 0.531. The monoisotopic (exact) mass is 499 g/mol. The zero-order chi connectivity index (χ0) is 25.2. The molecule has 9 nitrogen and oxygen atoms in total. The van der Waals surface area contributed by atoms with Crippen LogP contribution in [0.3, 0.4) is 0 Å². The molecule has 0 atom stereocenters. The highest BCUT2D eigenvalue weighted by Crippen LogP contribution is 2.39. The molecule has 2 fully saturated rings. The minimum Gasteiger partial charge on any atom is -0.378 e. The van der Waals surface area contributed by atoms with E-state index in [2.05, 4.69) is 38.7 Å². The van der Waals surface area contributed by atoms with Gasteiger partial charge in [-0.25, -0.2) is 4.98 Å². The highest BCUT2D eigenvalue weighted by molar-refractivity contribution is 5.95. The Morgan fingerprint density at radius 1 is 0.973 bits per heavy atom. The maximum Gasteiger partial charge on any atom is 0.253 e. The van der Waals surface area contributed by atoms with Crippen molar-refractivity contribution < 1.29 is 9.53 Å². The Morgan fingerprint density at radius 2 is 1.81 bits per heavy atom. The van der Waals surface area contributed by atoms with E-state index in [1.165, 1.54) is 0 Å². The number of benzene rings is 1. The van der Waals surface area contributed by atoms with Crippen LogP contribution in [0.15, 0.2) is 48.8 Å². The SMILES string of the molecule is CCN1CCN(C(=O)c2cccc(-c3nc(N4CCOCC4)nc4c3CCN4c3cccnc3)c2)CC1. The van der Waals surface area contributed by atoms with Crippen LogP contribution in [-0.2, 0) is 11.2 Å². The minimum absolute atomic E-state index is 0.0914. The van der Waals surface area contributed by atoms with Crippen molar-refractivity contribution in [2.24, 2.45) is 0 Å². The fourth-order valence-electron chi connectivity index (χ4n) is 5.40. The van der Waals surface area contributed by atoms with E-state index in [1.807, 2.05) is 35.4 Å². The molecule has 0 unspecified atom stereocenters. The van der Waals surface area contributed by atoms with Gasteiger partial charge in [0.25, 0.3) is 5.91 Å². The number of nitrogens with zero attached hydrogens (tertiary/aromatic N) is 7. The lowest BCUT2D eigenvalue weighted by Crippen LogP contribution is -2.48. The summed E-state index contributed by atoms with van der Waals surface area (Å²) in [6.45, 7) is 10.2. The fourth-order valence-corrected chi connectivity index (χ4v) is 5.40. The van der Waals surface area contributed by atoms with Crippen LogP contribution < -0.4 is 9.80 Å². The van der Waals surface area contributed by atoms with Crippen LogP contribution in [-0.4, -0.2) is 96.2 Å². The molecule has 0 radical (unpaired) electrons. The molecule has 37 heavy (non-hydrogen) atoms. The Kier molecular flexibility index (Phi) is 6.72. The first-order valence-corrected chi connectivity index (χ1v) is 13.2. The summed E-state index contributed by atoms with van der Waals surface area (Å²) in [6, 6.07) is 12.0. The van der Waals surface area contributed by atoms with E-state index in [-0.39, 0.29) is 5.91 Å². The molecule has 3 aliphatic rings. The van der Waals surface area contributed by atoms with E-state index in [9.17, 15) is 4.79 Å². The molecule has 3 aliphatic heterocycles. The first kappa shape index (κ1) is 23.8. The summed E-state index contributed by atoms with van der Waals surface area (Å²) in [5.41, 5.74) is 4.71. The zero-order valence-electron chi connectivity index (χ0n) is 21.3. The highest BCUT2D eigenvalue weighted by Gasteiger charge is 2.30. The van der Waals surface area contributed by atoms with Crippen molar-refractivity contribution >= 4 is 23.4 Å². The van der Waals surface area contributed by atoms with Crippen LogP contribution in [0, 0.1) is 0 Å². The average Bonchev–Trinajstić information content (AvgIpc) is 3.41. The lowest BCUT2D eigenvalue weighted by atomic mass is 10.0. The second-order valence-corrected chi connectivity index (χ2v) is 9.69. The van der Waals surface area contributed by atoms with Crippen LogP contribution in [0.25, 0.3) is 11.3 Å². The van der Waals surface area contributed by atoms with Gasteiger partial charge in [0.1, 0.15) is 5.82 Å². The number of rotatable bonds is 5. The average molecular weight is 500 g/mol. The maximum atomic E-state index is 13.4. The summed E-state index contributed by atoms with van der Waals surface area (Å²) in [4.78, 5) is 36.6. The molecule has 0 bridgehead atoms. The number of piperazine rings is 1. The lowest BCUT2D eigenvalue weighted by Gasteiger charge is -2.34. The van der Waals surface area contributed by atoms with Crippen LogP contribution >= 0.6 is 0 Å². The number of hydrogen-bond acceptors (Lipinski definition) is 8. The smallest absolute Gasteiger partial charge is 0.253 e. The standard InChI is InChI=1S/C28H33N7O2/c1-2-32-11-13-33(14-12-32)27(36)22-6-3-5-21(19-22)25-24-8-10-35(23-7-4-9-29-20-23)26(24)31-28(30-25)34-15-17-37-18-16-34/h3-7,9,19-20H,2,8,10-18H2,1H3. The topological polar surface area (TPSA) is 77.9 Å².